The third kappa shape index (κ3) is 5.38. The number of hydrogen-bond acceptors (Lipinski definition) is 4. The second-order valence-corrected chi connectivity index (χ2v) is 7.84. The van der Waals surface area contributed by atoms with Crippen molar-refractivity contribution in [3.63, 3.8) is 0 Å². The molecule has 0 N–H and O–H groups in total. The van der Waals surface area contributed by atoms with Gasteiger partial charge >= 0.3 is 6.09 Å². The second kappa shape index (κ2) is 8.50. The van der Waals surface area contributed by atoms with Crippen LogP contribution in [0.4, 0.5) is 14.9 Å². The molecule has 1 amide bonds. The molecule has 1 saturated heterocycles. The summed E-state index contributed by atoms with van der Waals surface area (Å²) in [5, 5.41) is 0. The van der Waals surface area contributed by atoms with Crippen LogP contribution in [0, 0.1) is 5.82 Å². The van der Waals surface area contributed by atoms with Crippen LogP contribution in [-0.4, -0.2) is 42.8 Å². The molecular formula is C22H27FN2O3. The maximum atomic E-state index is 14.5. The van der Waals surface area contributed by atoms with Crippen LogP contribution in [0.25, 0.3) is 0 Å². The standard InChI is InChI=1S/C22H27FN2O3/c1-22(2,3)28-21(26)25-13-11-24(12-14-25)18-9-10-20(19(23)15-18)27-16-17-7-5-4-6-8-17/h4-10,15H,11-14,16H2,1-3H3. The number of ether oxygens (including phenoxy) is 2. The molecule has 28 heavy (non-hydrogen) atoms. The highest BCUT2D eigenvalue weighted by molar-refractivity contribution is 5.68. The average molecular weight is 386 g/mol. The maximum Gasteiger partial charge on any atom is 0.410 e. The summed E-state index contributed by atoms with van der Waals surface area (Å²) in [6.07, 6.45) is -0.303. The van der Waals surface area contributed by atoms with Crippen molar-refractivity contribution in [2.24, 2.45) is 0 Å². The molecule has 0 atom stereocenters. The predicted octanol–water partition coefficient (Wildman–Crippen LogP) is 4.46. The molecule has 0 bridgehead atoms. The van der Waals surface area contributed by atoms with Crippen molar-refractivity contribution in [1.82, 2.24) is 4.90 Å². The van der Waals surface area contributed by atoms with E-state index in [4.69, 9.17) is 9.47 Å². The molecule has 1 heterocycles. The van der Waals surface area contributed by atoms with E-state index in [2.05, 4.69) is 4.90 Å². The summed E-state index contributed by atoms with van der Waals surface area (Å²) >= 11 is 0. The maximum absolute atomic E-state index is 14.5. The number of anilines is 1. The molecule has 0 aliphatic carbocycles. The van der Waals surface area contributed by atoms with Gasteiger partial charge in [0, 0.05) is 37.9 Å². The Kier molecular flexibility index (Phi) is 6.07. The van der Waals surface area contributed by atoms with Crippen LogP contribution in [-0.2, 0) is 11.3 Å². The predicted molar refractivity (Wildman–Crippen MR) is 107 cm³/mol. The zero-order valence-corrected chi connectivity index (χ0v) is 16.7. The molecule has 0 unspecified atom stereocenters. The van der Waals surface area contributed by atoms with Crippen molar-refractivity contribution in [2.45, 2.75) is 33.0 Å². The van der Waals surface area contributed by atoms with Crippen molar-refractivity contribution in [3.05, 3.63) is 59.9 Å². The first kappa shape index (κ1) is 20.0. The topological polar surface area (TPSA) is 42.0 Å². The Bertz CT molecular complexity index is 797. The van der Waals surface area contributed by atoms with E-state index in [1.807, 2.05) is 57.2 Å². The molecule has 150 valence electrons. The SMILES string of the molecule is CC(C)(C)OC(=O)N1CCN(c2ccc(OCc3ccccc3)c(F)c2)CC1. The van der Waals surface area contributed by atoms with E-state index in [-0.39, 0.29) is 17.7 Å². The Morgan fingerprint density at radius 3 is 2.32 bits per heavy atom. The zero-order chi connectivity index (χ0) is 20.1. The van der Waals surface area contributed by atoms with Gasteiger partial charge in [-0.25, -0.2) is 9.18 Å². The minimum Gasteiger partial charge on any atom is -0.486 e. The van der Waals surface area contributed by atoms with Gasteiger partial charge in [0.2, 0.25) is 0 Å². The van der Waals surface area contributed by atoms with Gasteiger partial charge in [-0.05, 0) is 38.5 Å². The van der Waals surface area contributed by atoms with E-state index in [9.17, 15) is 9.18 Å². The molecule has 6 heteroatoms. The van der Waals surface area contributed by atoms with Crippen LogP contribution in [0.3, 0.4) is 0 Å². The fourth-order valence-corrected chi connectivity index (χ4v) is 3.01. The number of halogens is 1. The molecule has 2 aromatic rings. The van der Waals surface area contributed by atoms with Gasteiger partial charge in [0.05, 0.1) is 0 Å². The highest BCUT2D eigenvalue weighted by Gasteiger charge is 2.26. The van der Waals surface area contributed by atoms with Gasteiger partial charge < -0.3 is 19.3 Å². The van der Waals surface area contributed by atoms with Crippen LogP contribution in [0.2, 0.25) is 0 Å². The lowest BCUT2D eigenvalue weighted by Gasteiger charge is -2.36. The molecule has 0 spiro atoms. The summed E-state index contributed by atoms with van der Waals surface area (Å²) in [6, 6.07) is 14.7. The molecule has 1 fully saturated rings. The van der Waals surface area contributed by atoms with Crippen LogP contribution >= 0.6 is 0 Å². The molecule has 5 nitrogen and oxygen atoms in total. The fraction of sp³-hybridized carbons (Fsp3) is 0.409. The minimum absolute atomic E-state index is 0.236. The van der Waals surface area contributed by atoms with E-state index in [0.717, 1.165) is 11.3 Å². The number of carbonyl (C=O) groups excluding carboxylic acids is 1. The average Bonchev–Trinajstić information content (AvgIpc) is 2.66. The van der Waals surface area contributed by atoms with Crippen molar-refractivity contribution < 1.29 is 18.7 Å². The molecule has 1 aliphatic rings. The quantitative estimate of drug-likeness (QED) is 0.778. The minimum atomic E-state index is -0.507. The van der Waals surface area contributed by atoms with Gasteiger partial charge in [0.25, 0.3) is 0 Å². The lowest BCUT2D eigenvalue weighted by molar-refractivity contribution is 0.0240. The largest absolute Gasteiger partial charge is 0.486 e. The summed E-state index contributed by atoms with van der Waals surface area (Å²) in [5.41, 5.74) is 1.27. The normalized spacial score (nSPS) is 14.7. The monoisotopic (exact) mass is 386 g/mol. The summed E-state index contributed by atoms with van der Waals surface area (Å²) in [4.78, 5) is 15.9. The van der Waals surface area contributed by atoms with Crippen LogP contribution in [0.15, 0.2) is 48.5 Å². The number of hydrogen-bond donors (Lipinski definition) is 0. The zero-order valence-electron chi connectivity index (χ0n) is 16.7. The van der Waals surface area contributed by atoms with Gasteiger partial charge in [0.1, 0.15) is 12.2 Å². The molecule has 0 radical (unpaired) electrons. The lowest BCUT2D eigenvalue weighted by Crippen LogP contribution is -2.50. The van der Waals surface area contributed by atoms with E-state index < -0.39 is 5.60 Å². The van der Waals surface area contributed by atoms with E-state index in [1.165, 1.54) is 6.07 Å². The molecule has 1 aliphatic heterocycles. The third-order valence-corrected chi connectivity index (χ3v) is 4.45. The Morgan fingerprint density at radius 2 is 1.71 bits per heavy atom. The van der Waals surface area contributed by atoms with Crippen molar-refractivity contribution in [3.8, 4) is 5.75 Å². The number of benzene rings is 2. The van der Waals surface area contributed by atoms with Crippen molar-refractivity contribution in [1.29, 1.82) is 0 Å². The number of carbonyl (C=O) groups is 1. The summed E-state index contributed by atoms with van der Waals surface area (Å²) in [7, 11) is 0. The smallest absolute Gasteiger partial charge is 0.410 e. The van der Waals surface area contributed by atoms with Crippen LogP contribution in [0.5, 0.6) is 5.75 Å². The summed E-state index contributed by atoms with van der Waals surface area (Å²) < 4.78 is 25.5. The number of amides is 1. The van der Waals surface area contributed by atoms with Crippen LogP contribution < -0.4 is 9.64 Å². The molecule has 0 aromatic heterocycles. The Labute approximate surface area is 165 Å². The first-order valence-corrected chi connectivity index (χ1v) is 9.51. The second-order valence-electron chi connectivity index (χ2n) is 7.84. The van der Waals surface area contributed by atoms with Gasteiger partial charge in [-0.3, -0.25) is 0 Å². The molecule has 0 saturated carbocycles. The first-order valence-electron chi connectivity index (χ1n) is 9.51. The Balaban J connectivity index is 1.55. The number of rotatable bonds is 4. The summed E-state index contributed by atoms with van der Waals surface area (Å²) in [5.74, 6) is -0.150. The fourth-order valence-electron chi connectivity index (χ4n) is 3.01. The number of nitrogens with zero attached hydrogens (tertiary/aromatic N) is 2. The van der Waals surface area contributed by atoms with Crippen LogP contribution in [0.1, 0.15) is 26.3 Å². The van der Waals surface area contributed by atoms with Gasteiger partial charge in [-0.1, -0.05) is 30.3 Å². The summed E-state index contributed by atoms with van der Waals surface area (Å²) in [6.45, 7) is 8.23. The number of piperazine rings is 1. The van der Waals surface area contributed by atoms with Crippen molar-refractivity contribution >= 4 is 11.8 Å². The Morgan fingerprint density at radius 1 is 1.04 bits per heavy atom. The first-order chi connectivity index (χ1) is 13.3. The Hall–Kier alpha value is -2.76. The van der Waals surface area contributed by atoms with Gasteiger partial charge in [-0.2, -0.15) is 0 Å². The highest BCUT2D eigenvalue weighted by Crippen LogP contribution is 2.25. The van der Waals surface area contributed by atoms with Gasteiger partial charge in [-0.15, -0.1) is 0 Å². The molecule has 2 aromatic carbocycles. The molecule has 3 rings (SSSR count). The molecular weight excluding hydrogens is 359 g/mol. The third-order valence-electron chi connectivity index (χ3n) is 4.45. The van der Waals surface area contributed by atoms with E-state index >= 15 is 0 Å². The van der Waals surface area contributed by atoms with Crippen molar-refractivity contribution in [2.75, 3.05) is 31.1 Å². The van der Waals surface area contributed by atoms with E-state index in [0.29, 0.717) is 32.8 Å². The lowest BCUT2D eigenvalue weighted by atomic mass is 10.2. The van der Waals surface area contributed by atoms with E-state index in [1.54, 1.807) is 11.0 Å². The van der Waals surface area contributed by atoms with Gasteiger partial charge in [0.15, 0.2) is 11.6 Å². The highest BCUT2D eigenvalue weighted by atomic mass is 19.1.